The van der Waals surface area contributed by atoms with E-state index in [0.29, 0.717) is 0 Å². The third kappa shape index (κ3) is 4.75. The SMILES string of the molecule is Cc1[nH]cnc1CSCCCc1ccccc1.Cl. The second-order valence-electron chi connectivity index (χ2n) is 4.12. The molecule has 0 aliphatic rings. The van der Waals surface area contributed by atoms with Crippen LogP contribution in [0.15, 0.2) is 36.7 Å². The maximum absolute atomic E-state index is 4.30. The van der Waals surface area contributed by atoms with Gasteiger partial charge in [-0.25, -0.2) is 4.98 Å². The number of thioether (sulfide) groups is 1. The molecule has 18 heavy (non-hydrogen) atoms. The van der Waals surface area contributed by atoms with Gasteiger partial charge >= 0.3 is 0 Å². The van der Waals surface area contributed by atoms with Gasteiger partial charge in [-0.05, 0) is 31.1 Å². The maximum Gasteiger partial charge on any atom is 0.0925 e. The molecule has 1 aromatic heterocycles. The fraction of sp³-hybridized carbons (Fsp3) is 0.357. The highest BCUT2D eigenvalue weighted by Gasteiger charge is 2.00. The second-order valence-corrected chi connectivity index (χ2v) is 5.22. The zero-order chi connectivity index (χ0) is 11.9. The van der Waals surface area contributed by atoms with Crippen molar-refractivity contribution in [3.8, 4) is 0 Å². The van der Waals surface area contributed by atoms with E-state index in [4.69, 9.17) is 0 Å². The number of benzene rings is 1. The number of nitrogens with one attached hydrogen (secondary N) is 1. The van der Waals surface area contributed by atoms with Crippen LogP contribution < -0.4 is 0 Å². The minimum absolute atomic E-state index is 0. The van der Waals surface area contributed by atoms with Gasteiger partial charge in [-0.2, -0.15) is 11.8 Å². The van der Waals surface area contributed by atoms with E-state index in [1.807, 2.05) is 11.8 Å². The Labute approximate surface area is 119 Å². The number of aromatic amines is 1. The number of halogens is 1. The molecule has 2 rings (SSSR count). The highest BCUT2D eigenvalue weighted by Crippen LogP contribution is 2.14. The van der Waals surface area contributed by atoms with Crippen LogP contribution in [-0.2, 0) is 12.2 Å². The number of aromatic nitrogens is 2. The van der Waals surface area contributed by atoms with E-state index >= 15 is 0 Å². The fourth-order valence-corrected chi connectivity index (χ4v) is 2.70. The van der Waals surface area contributed by atoms with E-state index in [1.165, 1.54) is 35.5 Å². The van der Waals surface area contributed by atoms with Crippen molar-refractivity contribution in [2.24, 2.45) is 0 Å². The topological polar surface area (TPSA) is 28.7 Å². The molecule has 1 N–H and O–H groups in total. The molecule has 0 fully saturated rings. The molecule has 0 saturated heterocycles. The highest BCUT2D eigenvalue weighted by atomic mass is 35.5. The molecular formula is C14H19ClN2S. The Morgan fingerprint density at radius 2 is 2.00 bits per heavy atom. The van der Waals surface area contributed by atoms with Gasteiger partial charge in [-0.3, -0.25) is 0 Å². The number of hydrogen-bond acceptors (Lipinski definition) is 2. The van der Waals surface area contributed by atoms with Crippen LogP contribution in [-0.4, -0.2) is 15.7 Å². The van der Waals surface area contributed by atoms with Gasteiger partial charge in [0.1, 0.15) is 0 Å². The van der Waals surface area contributed by atoms with Gasteiger partial charge in [-0.15, -0.1) is 12.4 Å². The van der Waals surface area contributed by atoms with Gasteiger partial charge in [0, 0.05) is 11.4 Å². The first-order valence-electron chi connectivity index (χ1n) is 5.97. The Morgan fingerprint density at radius 1 is 1.22 bits per heavy atom. The van der Waals surface area contributed by atoms with Gasteiger partial charge in [0.15, 0.2) is 0 Å². The Balaban J connectivity index is 0.00000162. The van der Waals surface area contributed by atoms with Crippen LogP contribution in [0.3, 0.4) is 0 Å². The first-order valence-corrected chi connectivity index (χ1v) is 7.12. The molecular weight excluding hydrogens is 264 g/mol. The van der Waals surface area contributed by atoms with Crippen molar-refractivity contribution in [2.75, 3.05) is 5.75 Å². The molecule has 4 heteroatoms. The zero-order valence-corrected chi connectivity index (χ0v) is 12.2. The number of H-pyrrole nitrogens is 1. The quantitative estimate of drug-likeness (QED) is 0.811. The lowest BCUT2D eigenvalue weighted by molar-refractivity contribution is 0.932. The van der Waals surface area contributed by atoms with Gasteiger partial charge in [0.05, 0.1) is 12.0 Å². The van der Waals surface area contributed by atoms with Crippen molar-refractivity contribution < 1.29 is 0 Å². The molecule has 0 amide bonds. The minimum Gasteiger partial charge on any atom is -0.348 e. The van der Waals surface area contributed by atoms with Gasteiger partial charge in [0.25, 0.3) is 0 Å². The third-order valence-corrected chi connectivity index (χ3v) is 3.82. The molecule has 0 aliphatic carbocycles. The van der Waals surface area contributed by atoms with Crippen LogP contribution in [0.25, 0.3) is 0 Å². The van der Waals surface area contributed by atoms with Crippen LogP contribution in [0.1, 0.15) is 23.4 Å². The Bertz CT molecular complexity index is 442. The summed E-state index contributed by atoms with van der Waals surface area (Å²) < 4.78 is 0. The monoisotopic (exact) mass is 282 g/mol. The Hall–Kier alpha value is -0.930. The summed E-state index contributed by atoms with van der Waals surface area (Å²) in [5.41, 5.74) is 3.82. The molecule has 0 unspecified atom stereocenters. The standard InChI is InChI=1S/C14H18N2S.ClH/c1-12-14(16-11-15-12)10-17-9-5-8-13-6-3-2-4-7-13;/h2-4,6-7,11H,5,8-10H2,1H3,(H,15,16);1H. The average Bonchev–Trinajstić information content (AvgIpc) is 2.76. The summed E-state index contributed by atoms with van der Waals surface area (Å²) in [5, 5.41) is 0. The lowest BCUT2D eigenvalue weighted by Gasteiger charge is -2.01. The van der Waals surface area contributed by atoms with Gasteiger partial charge in [-0.1, -0.05) is 30.3 Å². The van der Waals surface area contributed by atoms with Crippen molar-refractivity contribution in [1.29, 1.82) is 0 Å². The summed E-state index contributed by atoms with van der Waals surface area (Å²) >= 11 is 1.96. The average molecular weight is 283 g/mol. The van der Waals surface area contributed by atoms with Crippen LogP contribution in [0, 0.1) is 6.92 Å². The number of rotatable bonds is 6. The molecule has 0 spiro atoms. The summed E-state index contributed by atoms with van der Waals surface area (Å²) in [6, 6.07) is 10.7. The van der Waals surface area contributed by atoms with Gasteiger partial charge in [0.2, 0.25) is 0 Å². The van der Waals surface area contributed by atoms with Crippen molar-refractivity contribution in [3.05, 3.63) is 53.6 Å². The van der Waals surface area contributed by atoms with Crippen molar-refractivity contribution in [1.82, 2.24) is 9.97 Å². The molecule has 2 aromatic rings. The van der Waals surface area contributed by atoms with E-state index in [1.54, 1.807) is 6.33 Å². The molecule has 0 bridgehead atoms. The lowest BCUT2D eigenvalue weighted by Crippen LogP contribution is -1.90. The summed E-state index contributed by atoms with van der Waals surface area (Å²) in [5.74, 6) is 2.21. The fourth-order valence-electron chi connectivity index (χ4n) is 1.72. The van der Waals surface area contributed by atoms with Crippen molar-refractivity contribution >= 4 is 24.2 Å². The number of nitrogens with zero attached hydrogens (tertiary/aromatic N) is 1. The first kappa shape index (κ1) is 15.1. The summed E-state index contributed by atoms with van der Waals surface area (Å²) in [7, 11) is 0. The van der Waals surface area contributed by atoms with E-state index in [9.17, 15) is 0 Å². The Kier molecular flexibility index (Phi) is 6.91. The molecule has 1 aromatic carbocycles. The van der Waals surface area contributed by atoms with E-state index < -0.39 is 0 Å². The minimum atomic E-state index is 0. The largest absolute Gasteiger partial charge is 0.348 e. The molecule has 98 valence electrons. The molecule has 0 radical (unpaired) electrons. The highest BCUT2D eigenvalue weighted by molar-refractivity contribution is 7.98. The first-order chi connectivity index (χ1) is 8.36. The molecule has 2 nitrogen and oxygen atoms in total. The summed E-state index contributed by atoms with van der Waals surface area (Å²) in [6.07, 6.45) is 4.18. The van der Waals surface area contributed by atoms with Crippen LogP contribution >= 0.6 is 24.2 Å². The second kappa shape index (κ2) is 8.22. The number of aryl methyl sites for hydroxylation is 2. The lowest BCUT2D eigenvalue weighted by atomic mass is 10.1. The molecule has 0 atom stereocenters. The van der Waals surface area contributed by atoms with Crippen LogP contribution in [0.4, 0.5) is 0 Å². The van der Waals surface area contributed by atoms with E-state index in [0.717, 1.165) is 5.75 Å². The van der Waals surface area contributed by atoms with E-state index in [-0.39, 0.29) is 12.4 Å². The maximum atomic E-state index is 4.30. The molecule has 1 heterocycles. The smallest absolute Gasteiger partial charge is 0.0925 e. The Morgan fingerprint density at radius 3 is 2.67 bits per heavy atom. The number of imidazole rings is 1. The number of hydrogen-bond donors (Lipinski definition) is 1. The molecule has 0 saturated carbocycles. The zero-order valence-electron chi connectivity index (χ0n) is 10.6. The van der Waals surface area contributed by atoms with E-state index in [2.05, 4.69) is 47.2 Å². The van der Waals surface area contributed by atoms with Crippen molar-refractivity contribution in [2.45, 2.75) is 25.5 Å². The van der Waals surface area contributed by atoms with Crippen molar-refractivity contribution in [3.63, 3.8) is 0 Å². The van der Waals surface area contributed by atoms with Gasteiger partial charge < -0.3 is 4.98 Å². The van der Waals surface area contributed by atoms with Crippen LogP contribution in [0.2, 0.25) is 0 Å². The predicted molar refractivity (Wildman–Crippen MR) is 81.5 cm³/mol. The summed E-state index contributed by atoms with van der Waals surface area (Å²) in [6.45, 7) is 2.08. The van der Waals surface area contributed by atoms with Crippen LogP contribution in [0.5, 0.6) is 0 Å². The normalized spacial score (nSPS) is 10.1. The predicted octanol–water partition coefficient (Wildman–Crippen LogP) is 4.01. The molecule has 0 aliphatic heterocycles. The third-order valence-electron chi connectivity index (χ3n) is 2.77. The summed E-state index contributed by atoms with van der Waals surface area (Å²) in [4.78, 5) is 7.41.